The van der Waals surface area contributed by atoms with E-state index in [0.29, 0.717) is 33.8 Å². The molecule has 1 saturated heterocycles. The molecule has 0 atom stereocenters. The van der Waals surface area contributed by atoms with Crippen molar-refractivity contribution in [2.24, 2.45) is 0 Å². The van der Waals surface area contributed by atoms with E-state index in [4.69, 9.17) is 30.5 Å². The minimum absolute atomic E-state index is 0.0640. The second-order valence-corrected chi connectivity index (χ2v) is 10.2. The van der Waals surface area contributed by atoms with Crippen LogP contribution in [-0.2, 0) is 16.2 Å². The number of carbonyl (C=O) groups excluding carboxylic acids is 3. The lowest BCUT2D eigenvalue weighted by molar-refractivity contribution is -0.122. The molecular formula is C29H26ClIN2O7. The first-order chi connectivity index (χ1) is 19.2. The van der Waals surface area contributed by atoms with Gasteiger partial charge in [-0.15, -0.1) is 0 Å². The van der Waals surface area contributed by atoms with Crippen LogP contribution in [0.5, 0.6) is 23.0 Å². The Balaban J connectivity index is 1.70. The monoisotopic (exact) mass is 676 g/mol. The number of amides is 4. The summed E-state index contributed by atoms with van der Waals surface area (Å²) in [4.78, 5) is 39.9. The molecule has 0 spiro atoms. The number of anilines is 1. The highest BCUT2D eigenvalue weighted by molar-refractivity contribution is 14.1. The van der Waals surface area contributed by atoms with E-state index >= 15 is 0 Å². The number of hydrogen-bond acceptors (Lipinski definition) is 7. The first kappa shape index (κ1) is 29.2. The Bertz CT molecular complexity index is 1510. The summed E-state index contributed by atoms with van der Waals surface area (Å²) in [7, 11) is 2.77. The van der Waals surface area contributed by atoms with Gasteiger partial charge in [0.05, 0.1) is 35.1 Å². The average Bonchev–Trinajstić information content (AvgIpc) is 2.92. The van der Waals surface area contributed by atoms with Gasteiger partial charge < -0.3 is 18.9 Å². The Labute approximate surface area is 250 Å². The molecular weight excluding hydrogens is 651 g/mol. The van der Waals surface area contributed by atoms with Crippen molar-refractivity contribution in [3.05, 3.63) is 79.4 Å². The highest BCUT2D eigenvalue weighted by Gasteiger charge is 2.38. The largest absolute Gasteiger partial charge is 0.495 e. The third-order valence-electron chi connectivity index (χ3n) is 5.94. The molecule has 1 aliphatic rings. The van der Waals surface area contributed by atoms with Gasteiger partial charge in [0.15, 0.2) is 11.5 Å². The van der Waals surface area contributed by atoms with E-state index in [2.05, 4.69) is 27.9 Å². The second-order valence-electron chi connectivity index (χ2n) is 8.65. The number of aryl methyl sites for hydroxylation is 1. The fraction of sp³-hybridized carbons (Fsp3) is 0.207. The molecule has 4 amide bonds. The van der Waals surface area contributed by atoms with E-state index in [0.717, 1.165) is 16.0 Å². The number of nitrogens with one attached hydrogen (secondary N) is 1. The van der Waals surface area contributed by atoms with Crippen LogP contribution in [0.1, 0.15) is 23.6 Å². The van der Waals surface area contributed by atoms with Gasteiger partial charge in [-0.1, -0.05) is 41.4 Å². The van der Waals surface area contributed by atoms with Crippen LogP contribution in [0, 0.1) is 10.5 Å². The highest BCUT2D eigenvalue weighted by atomic mass is 127. The van der Waals surface area contributed by atoms with Gasteiger partial charge >= 0.3 is 6.03 Å². The Morgan fingerprint density at radius 2 is 1.65 bits per heavy atom. The molecule has 0 unspecified atom stereocenters. The van der Waals surface area contributed by atoms with Crippen LogP contribution in [-0.4, -0.2) is 38.7 Å². The molecule has 0 aromatic heterocycles. The van der Waals surface area contributed by atoms with Gasteiger partial charge in [0.2, 0.25) is 0 Å². The van der Waals surface area contributed by atoms with E-state index in [1.807, 2.05) is 38.1 Å². The van der Waals surface area contributed by atoms with Crippen LogP contribution in [0.15, 0.2) is 54.1 Å². The van der Waals surface area contributed by atoms with E-state index in [1.165, 1.54) is 32.4 Å². The first-order valence-electron chi connectivity index (χ1n) is 12.1. The molecule has 9 nitrogen and oxygen atoms in total. The Kier molecular flexibility index (Phi) is 9.21. The van der Waals surface area contributed by atoms with E-state index < -0.39 is 17.8 Å². The lowest BCUT2D eigenvalue weighted by atomic mass is 10.1. The number of barbiturate groups is 1. The minimum Gasteiger partial charge on any atom is -0.495 e. The maximum atomic E-state index is 13.5. The number of methoxy groups -OCH3 is 2. The van der Waals surface area contributed by atoms with Crippen LogP contribution in [0.3, 0.4) is 0 Å². The van der Waals surface area contributed by atoms with Gasteiger partial charge in [-0.25, -0.2) is 9.69 Å². The van der Waals surface area contributed by atoms with Crippen LogP contribution in [0.2, 0.25) is 5.02 Å². The number of nitrogens with zero attached hydrogens (tertiary/aromatic N) is 1. The van der Waals surface area contributed by atoms with Crippen LogP contribution >= 0.6 is 34.2 Å². The molecule has 40 heavy (non-hydrogen) atoms. The molecule has 0 aliphatic carbocycles. The van der Waals surface area contributed by atoms with Gasteiger partial charge in [0, 0.05) is 12.1 Å². The van der Waals surface area contributed by atoms with Crippen LogP contribution in [0.4, 0.5) is 10.5 Å². The number of carbonyl (C=O) groups is 3. The number of urea groups is 1. The predicted molar refractivity (Wildman–Crippen MR) is 159 cm³/mol. The zero-order chi connectivity index (χ0) is 29.0. The molecule has 1 aliphatic heterocycles. The fourth-order valence-electron chi connectivity index (χ4n) is 3.98. The molecule has 11 heteroatoms. The zero-order valence-electron chi connectivity index (χ0n) is 22.2. The summed E-state index contributed by atoms with van der Waals surface area (Å²) in [5.41, 5.74) is 2.46. The molecule has 1 heterocycles. The molecule has 4 rings (SSSR count). The normalized spacial score (nSPS) is 14.3. The van der Waals surface area contributed by atoms with Crippen molar-refractivity contribution in [2.45, 2.75) is 20.5 Å². The zero-order valence-corrected chi connectivity index (χ0v) is 25.1. The van der Waals surface area contributed by atoms with Crippen LogP contribution in [0.25, 0.3) is 6.08 Å². The van der Waals surface area contributed by atoms with Gasteiger partial charge in [-0.3, -0.25) is 14.9 Å². The summed E-state index contributed by atoms with van der Waals surface area (Å²) in [6.07, 6.45) is 1.39. The minimum atomic E-state index is -0.931. The maximum Gasteiger partial charge on any atom is 0.336 e. The summed E-state index contributed by atoms with van der Waals surface area (Å²) < 4.78 is 23.2. The number of halogens is 2. The van der Waals surface area contributed by atoms with E-state index in [9.17, 15) is 14.4 Å². The topological polar surface area (TPSA) is 103 Å². The highest BCUT2D eigenvalue weighted by Crippen LogP contribution is 2.40. The quantitative estimate of drug-likeness (QED) is 0.171. The average molecular weight is 677 g/mol. The molecule has 0 bridgehead atoms. The molecule has 208 valence electrons. The van der Waals surface area contributed by atoms with Crippen molar-refractivity contribution >= 4 is 63.8 Å². The van der Waals surface area contributed by atoms with Gasteiger partial charge in [-0.2, -0.15) is 0 Å². The van der Waals surface area contributed by atoms with Crippen LogP contribution < -0.4 is 29.2 Å². The lowest BCUT2D eigenvalue weighted by Gasteiger charge is -2.28. The van der Waals surface area contributed by atoms with E-state index in [-0.39, 0.29) is 27.8 Å². The van der Waals surface area contributed by atoms with E-state index in [1.54, 1.807) is 12.1 Å². The maximum absolute atomic E-state index is 13.5. The molecule has 1 N–H and O–H groups in total. The number of hydrogen-bond donors (Lipinski definition) is 1. The SMILES string of the molecule is CCOc1cc(/C=C2\C(=O)NC(=O)N(c3cc(OC)c(Cl)cc3OC)C2=O)cc(I)c1OCc1ccc(C)cc1. The molecule has 3 aromatic rings. The van der Waals surface area contributed by atoms with Gasteiger partial charge in [-0.05, 0) is 65.8 Å². The third-order valence-corrected chi connectivity index (χ3v) is 7.04. The Morgan fingerprint density at radius 1 is 0.950 bits per heavy atom. The summed E-state index contributed by atoms with van der Waals surface area (Å²) in [6.45, 7) is 4.57. The van der Waals surface area contributed by atoms with Gasteiger partial charge in [0.1, 0.15) is 23.7 Å². The molecule has 1 fully saturated rings. The molecule has 0 saturated carbocycles. The standard InChI is InChI=1S/C29H26ClIN2O7/c1-5-39-25-12-18(11-21(31)26(25)40-15-17-8-6-16(2)7-9-17)10-19-27(34)32-29(36)33(28(19)35)22-14-23(37-3)20(30)13-24(22)38-4/h6-14H,5,15H2,1-4H3,(H,32,34,36)/b19-10+. The first-order valence-corrected chi connectivity index (χ1v) is 13.6. The summed E-state index contributed by atoms with van der Waals surface area (Å²) in [6, 6.07) is 13.3. The summed E-state index contributed by atoms with van der Waals surface area (Å²) in [5.74, 6) is -0.319. The third kappa shape index (κ3) is 6.18. The van der Waals surface area contributed by atoms with Crippen molar-refractivity contribution in [2.75, 3.05) is 25.7 Å². The summed E-state index contributed by atoms with van der Waals surface area (Å²) in [5, 5.41) is 2.44. The second kappa shape index (κ2) is 12.6. The van der Waals surface area contributed by atoms with Crippen molar-refractivity contribution in [1.82, 2.24) is 5.32 Å². The molecule has 3 aromatic carbocycles. The Hall–Kier alpha value is -3.77. The Morgan fingerprint density at radius 3 is 2.30 bits per heavy atom. The number of rotatable bonds is 9. The van der Waals surface area contributed by atoms with Crippen molar-refractivity contribution < 1.29 is 33.3 Å². The lowest BCUT2D eigenvalue weighted by Crippen LogP contribution is -2.54. The molecule has 0 radical (unpaired) electrons. The number of imide groups is 2. The van der Waals surface area contributed by atoms with Gasteiger partial charge in [0.25, 0.3) is 11.8 Å². The van der Waals surface area contributed by atoms with Crippen molar-refractivity contribution in [3.63, 3.8) is 0 Å². The van der Waals surface area contributed by atoms with Crippen molar-refractivity contribution in [3.8, 4) is 23.0 Å². The smallest absolute Gasteiger partial charge is 0.336 e. The predicted octanol–water partition coefficient (Wildman–Crippen LogP) is 5.91. The van der Waals surface area contributed by atoms with Crippen molar-refractivity contribution in [1.29, 1.82) is 0 Å². The fourth-order valence-corrected chi connectivity index (χ4v) is 4.99. The number of benzene rings is 3. The summed E-state index contributed by atoms with van der Waals surface area (Å²) >= 11 is 8.30. The number of ether oxygens (including phenoxy) is 4.